The quantitative estimate of drug-likeness (QED) is 0.870. The fourth-order valence-electron chi connectivity index (χ4n) is 3.59. The minimum atomic E-state index is -0.705. The molecule has 1 N–H and O–H groups in total. The van der Waals surface area contributed by atoms with Gasteiger partial charge in [0.15, 0.2) is 17.3 Å². The molecule has 0 spiro atoms. The molecule has 0 amide bonds. The lowest BCUT2D eigenvalue weighted by atomic mass is 9.77. The zero-order chi connectivity index (χ0) is 19.4. The maximum Gasteiger partial charge on any atom is 0.228 e. The third kappa shape index (κ3) is 2.42. The molecule has 1 aromatic rings. The van der Waals surface area contributed by atoms with Gasteiger partial charge < -0.3 is 9.84 Å². The lowest BCUT2D eigenvalue weighted by Gasteiger charge is -2.26. The molecule has 0 atom stereocenters. The van der Waals surface area contributed by atoms with E-state index in [9.17, 15) is 19.5 Å². The van der Waals surface area contributed by atoms with E-state index in [-0.39, 0.29) is 39.7 Å². The van der Waals surface area contributed by atoms with E-state index in [4.69, 9.17) is 4.74 Å². The summed E-state index contributed by atoms with van der Waals surface area (Å²) in [6.07, 6.45) is 4.07. The summed E-state index contributed by atoms with van der Waals surface area (Å²) in [5.74, 6) is -1.83. The molecular weight excluding hydrogens is 332 g/mol. The lowest BCUT2D eigenvalue weighted by Crippen LogP contribution is -2.28. The molecule has 0 saturated heterocycles. The van der Waals surface area contributed by atoms with E-state index in [1.165, 1.54) is 13.2 Å². The summed E-state index contributed by atoms with van der Waals surface area (Å²) in [6.45, 7) is 7.15. The summed E-state index contributed by atoms with van der Waals surface area (Å²) >= 11 is 0. The number of Topliss-reactive ketones (excluding diaryl/α,β-unsaturated/α-hetero) is 3. The zero-order valence-corrected chi connectivity index (χ0v) is 15.6. The third-order valence-electron chi connectivity index (χ3n) is 5.05. The van der Waals surface area contributed by atoms with Gasteiger partial charge in [-0.3, -0.25) is 14.4 Å². The first-order valence-electron chi connectivity index (χ1n) is 8.60. The summed E-state index contributed by atoms with van der Waals surface area (Å²) in [5.41, 5.74) is 0.0383. The van der Waals surface area contributed by atoms with Gasteiger partial charge in [0.25, 0.3) is 0 Å². The molecule has 0 aliphatic heterocycles. The Hall–Kier alpha value is -2.69. The Morgan fingerprint density at radius 3 is 2.35 bits per heavy atom. The molecule has 2 aliphatic carbocycles. The number of carbonyl (C=O) groups excluding carboxylic acids is 3. The van der Waals surface area contributed by atoms with Crippen molar-refractivity contribution in [3.05, 3.63) is 45.7 Å². The SMILES string of the molecule is COC1=C(C(C)C)C(=O)c2c(cc3c(c2O)C(=O)C(C)(C)CC=C3)C1=O. The number of rotatable bonds is 2. The second-order valence-electron chi connectivity index (χ2n) is 7.69. The molecule has 0 bridgehead atoms. The van der Waals surface area contributed by atoms with E-state index >= 15 is 0 Å². The highest BCUT2D eigenvalue weighted by Gasteiger charge is 2.41. The Labute approximate surface area is 152 Å². The van der Waals surface area contributed by atoms with Crippen LogP contribution < -0.4 is 0 Å². The highest BCUT2D eigenvalue weighted by atomic mass is 16.5. The Kier molecular flexibility index (Phi) is 4.14. The molecule has 5 nitrogen and oxygen atoms in total. The number of benzene rings is 1. The van der Waals surface area contributed by atoms with Crippen LogP contribution in [-0.4, -0.2) is 29.6 Å². The number of allylic oxidation sites excluding steroid dienone is 3. The predicted octanol–water partition coefficient (Wildman–Crippen LogP) is 3.95. The minimum absolute atomic E-state index is 0.00103. The van der Waals surface area contributed by atoms with E-state index in [0.717, 1.165) is 0 Å². The summed E-state index contributed by atoms with van der Waals surface area (Å²) in [5, 5.41) is 10.9. The first-order chi connectivity index (χ1) is 12.1. The second-order valence-corrected chi connectivity index (χ2v) is 7.69. The lowest BCUT2D eigenvalue weighted by molar-refractivity contribution is 0.0837. The number of carbonyl (C=O) groups is 3. The van der Waals surface area contributed by atoms with Crippen LogP contribution in [0.4, 0.5) is 0 Å². The Morgan fingerprint density at radius 1 is 1.12 bits per heavy atom. The number of aromatic hydroxyl groups is 1. The van der Waals surface area contributed by atoms with E-state index in [1.807, 2.05) is 6.08 Å². The van der Waals surface area contributed by atoms with Gasteiger partial charge in [-0.2, -0.15) is 0 Å². The molecule has 1 aromatic carbocycles. The number of fused-ring (bicyclic) bond motifs is 2. The molecule has 3 rings (SSSR count). The van der Waals surface area contributed by atoms with Gasteiger partial charge in [-0.25, -0.2) is 0 Å². The third-order valence-corrected chi connectivity index (χ3v) is 5.05. The topological polar surface area (TPSA) is 80.7 Å². The van der Waals surface area contributed by atoms with Gasteiger partial charge in [0.1, 0.15) is 5.75 Å². The largest absolute Gasteiger partial charge is 0.506 e. The van der Waals surface area contributed by atoms with Crippen molar-refractivity contribution >= 4 is 23.4 Å². The molecule has 136 valence electrons. The maximum atomic E-state index is 13.1. The van der Waals surface area contributed by atoms with Gasteiger partial charge in [-0.05, 0) is 24.0 Å². The number of phenols is 1. The molecule has 0 saturated carbocycles. The second kappa shape index (κ2) is 5.94. The fraction of sp³-hybridized carbons (Fsp3) is 0.381. The molecular formula is C21H22O5. The number of ether oxygens (including phenoxy) is 1. The monoisotopic (exact) mass is 354 g/mol. The average Bonchev–Trinajstić information content (AvgIpc) is 2.66. The Bertz CT molecular complexity index is 913. The van der Waals surface area contributed by atoms with Crippen LogP contribution in [0, 0.1) is 11.3 Å². The summed E-state index contributed by atoms with van der Waals surface area (Å²) in [4.78, 5) is 38.9. The highest BCUT2D eigenvalue weighted by Crippen LogP contribution is 2.43. The van der Waals surface area contributed by atoms with Crippen molar-refractivity contribution in [2.75, 3.05) is 7.11 Å². The van der Waals surface area contributed by atoms with Gasteiger partial charge >= 0.3 is 0 Å². The van der Waals surface area contributed by atoms with Gasteiger partial charge in [-0.15, -0.1) is 0 Å². The van der Waals surface area contributed by atoms with Crippen molar-refractivity contribution in [3.8, 4) is 5.75 Å². The first-order valence-corrected chi connectivity index (χ1v) is 8.60. The average molecular weight is 354 g/mol. The number of methoxy groups -OCH3 is 1. The van der Waals surface area contributed by atoms with Gasteiger partial charge in [0.2, 0.25) is 5.78 Å². The fourth-order valence-corrected chi connectivity index (χ4v) is 3.59. The number of phenolic OH excluding ortho intramolecular Hbond substituents is 1. The normalized spacial score (nSPS) is 18.8. The van der Waals surface area contributed by atoms with E-state index in [1.54, 1.807) is 33.8 Å². The number of hydrogen-bond donors (Lipinski definition) is 1. The number of hydrogen-bond acceptors (Lipinski definition) is 5. The van der Waals surface area contributed by atoms with Crippen molar-refractivity contribution in [1.29, 1.82) is 0 Å². The smallest absolute Gasteiger partial charge is 0.228 e. The van der Waals surface area contributed by atoms with Crippen molar-refractivity contribution < 1.29 is 24.2 Å². The van der Waals surface area contributed by atoms with Crippen LogP contribution in [0.25, 0.3) is 6.08 Å². The Balaban J connectivity index is 2.35. The predicted molar refractivity (Wildman–Crippen MR) is 97.4 cm³/mol. The van der Waals surface area contributed by atoms with Crippen LogP contribution in [0.1, 0.15) is 70.8 Å². The molecule has 0 heterocycles. The van der Waals surface area contributed by atoms with Crippen LogP contribution in [0.5, 0.6) is 5.75 Å². The minimum Gasteiger partial charge on any atom is -0.506 e. The Morgan fingerprint density at radius 2 is 1.77 bits per heavy atom. The van der Waals surface area contributed by atoms with Crippen molar-refractivity contribution in [2.24, 2.45) is 11.3 Å². The van der Waals surface area contributed by atoms with Crippen molar-refractivity contribution in [2.45, 2.75) is 34.1 Å². The standard InChI is InChI=1S/C21H22O5/c1-10(2)13-17(23)15-12(16(22)19(13)26-5)9-11-7-6-8-21(3,4)20(25)14(11)18(15)24/h6-7,9-10,24H,8H2,1-5H3. The number of ketones is 3. The van der Waals surface area contributed by atoms with Crippen LogP contribution >= 0.6 is 0 Å². The molecule has 0 unspecified atom stereocenters. The van der Waals surface area contributed by atoms with Crippen LogP contribution in [-0.2, 0) is 4.74 Å². The summed E-state index contributed by atoms with van der Waals surface area (Å²) in [6, 6.07) is 1.51. The highest BCUT2D eigenvalue weighted by molar-refractivity contribution is 6.28. The summed E-state index contributed by atoms with van der Waals surface area (Å²) < 4.78 is 5.21. The van der Waals surface area contributed by atoms with Gasteiger partial charge in [0, 0.05) is 16.6 Å². The van der Waals surface area contributed by atoms with E-state index in [0.29, 0.717) is 12.0 Å². The molecule has 2 aliphatic rings. The van der Waals surface area contributed by atoms with Crippen LogP contribution in [0.2, 0.25) is 0 Å². The zero-order valence-electron chi connectivity index (χ0n) is 15.6. The van der Waals surface area contributed by atoms with E-state index in [2.05, 4.69) is 0 Å². The van der Waals surface area contributed by atoms with Crippen molar-refractivity contribution in [3.63, 3.8) is 0 Å². The molecule has 5 heteroatoms. The van der Waals surface area contributed by atoms with Crippen molar-refractivity contribution in [1.82, 2.24) is 0 Å². The molecule has 0 aromatic heterocycles. The van der Waals surface area contributed by atoms with E-state index < -0.39 is 22.7 Å². The maximum absolute atomic E-state index is 13.1. The first kappa shape index (κ1) is 18.1. The van der Waals surface area contributed by atoms with Crippen LogP contribution in [0.3, 0.4) is 0 Å². The van der Waals surface area contributed by atoms with Gasteiger partial charge in [-0.1, -0.05) is 39.8 Å². The molecule has 0 radical (unpaired) electrons. The summed E-state index contributed by atoms with van der Waals surface area (Å²) in [7, 11) is 1.35. The molecule has 0 fully saturated rings. The molecule has 26 heavy (non-hydrogen) atoms. The van der Waals surface area contributed by atoms with Crippen LogP contribution in [0.15, 0.2) is 23.5 Å². The van der Waals surface area contributed by atoms with Gasteiger partial charge in [0.05, 0.1) is 18.2 Å².